The number of hydrogen-bond donors (Lipinski definition) is 1. The summed E-state index contributed by atoms with van der Waals surface area (Å²) >= 11 is 1.43. The molecule has 1 unspecified atom stereocenters. The minimum Gasteiger partial charge on any atom is -0.367 e. The molecule has 1 aliphatic carbocycles. The molecule has 0 amide bonds. The molecule has 0 saturated heterocycles. The van der Waals surface area contributed by atoms with Crippen LogP contribution in [0.3, 0.4) is 0 Å². The smallest absolute Gasteiger partial charge is 0.213 e. The van der Waals surface area contributed by atoms with Gasteiger partial charge in [-0.25, -0.2) is 0 Å². The van der Waals surface area contributed by atoms with Crippen molar-refractivity contribution in [3.05, 3.63) is 21.9 Å². The Morgan fingerprint density at radius 3 is 2.89 bits per heavy atom. The number of fused-ring (bicyclic) bond motifs is 1. The predicted octanol–water partition coefficient (Wildman–Crippen LogP) is 0.821. The van der Waals surface area contributed by atoms with Gasteiger partial charge >= 0.3 is 0 Å². The van der Waals surface area contributed by atoms with E-state index in [1.54, 1.807) is 6.07 Å². The van der Waals surface area contributed by atoms with Gasteiger partial charge < -0.3 is 5.11 Å². The molecule has 1 heterocycles. The maximum absolute atomic E-state index is 9.21. The van der Waals surface area contributed by atoms with Crippen LogP contribution in [-0.4, -0.2) is 5.11 Å². The van der Waals surface area contributed by atoms with E-state index in [2.05, 4.69) is 0 Å². The molecule has 3 heteroatoms. The minimum atomic E-state index is -1.18. The average Bonchev–Trinajstić information content (AvgIpc) is 2.39. The summed E-state index contributed by atoms with van der Waals surface area (Å²) < 4.78 is 0. The van der Waals surface area contributed by atoms with Gasteiger partial charge in [0.25, 0.3) is 0 Å². The molecule has 0 saturated carbocycles. The van der Waals surface area contributed by atoms with E-state index in [0.29, 0.717) is 0 Å². The standard InChI is InChI=1S/C6H3NOS/c7-3-6(8)4-1-2-9-5(4)6/h1-2,8H. The fraction of sp³-hybridized carbons (Fsp3) is 0.167. The summed E-state index contributed by atoms with van der Waals surface area (Å²) in [7, 11) is 0. The topological polar surface area (TPSA) is 44.0 Å². The number of aliphatic hydroxyl groups is 1. The molecule has 0 fully saturated rings. The van der Waals surface area contributed by atoms with Gasteiger partial charge in [-0.2, -0.15) is 5.26 Å². The average molecular weight is 137 g/mol. The molecule has 1 N–H and O–H groups in total. The van der Waals surface area contributed by atoms with Crippen molar-refractivity contribution < 1.29 is 5.11 Å². The fourth-order valence-electron chi connectivity index (χ4n) is 0.893. The second-order valence-electron chi connectivity index (χ2n) is 1.99. The van der Waals surface area contributed by atoms with E-state index in [4.69, 9.17) is 5.26 Å². The van der Waals surface area contributed by atoms with E-state index in [-0.39, 0.29) is 0 Å². The second kappa shape index (κ2) is 1.18. The molecule has 2 rings (SSSR count). The van der Waals surface area contributed by atoms with Gasteiger partial charge in [-0.05, 0) is 11.4 Å². The van der Waals surface area contributed by atoms with Gasteiger partial charge in [-0.3, -0.25) is 0 Å². The van der Waals surface area contributed by atoms with E-state index < -0.39 is 5.60 Å². The van der Waals surface area contributed by atoms with Crippen LogP contribution >= 0.6 is 11.3 Å². The first-order valence-electron chi connectivity index (χ1n) is 2.51. The zero-order chi connectivity index (χ0) is 6.48. The Morgan fingerprint density at radius 1 is 1.78 bits per heavy atom. The van der Waals surface area contributed by atoms with Gasteiger partial charge in [0.15, 0.2) is 0 Å². The maximum Gasteiger partial charge on any atom is 0.213 e. The molecule has 1 aromatic heterocycles. The highest BCUT2D eigenvalue weighted by molar-refractivity contribution is 7.11. The summed E-state index contributed by atoms with van der Waals surface area (Å²) in [4.78, 5) is 0.810. The van der Waals surface area contributed by atoms with Crippen LogP contribution in [0.2, 0.25) is 0 Å². The van der Waals surface area contributed by atoms with E-state index in [0.717, 1.165) is 10.4 Å². The van der Waals surface area contributed by atoms with Crippen molar-refractivity contribution in [2.75, 3.05) is 0 Å². The third-order valence-corrected chi connectivity index (χ3v) is 2.51. The van der Waals surface area contributed by atoms with Crippen molar-refractivity contribution in [1.82, 2.24) is 0 Å². The highest BCUT2D eigenvalue weighted by atomic mass is 32.1. The summed E-state index contributed by atoms with van der Waals surface area (Å²) in [6, 6.07) is 3.61. The lowest BCUT2D eigenvalue weighted by Gasteiger charge is -1.91. The molecule has 1 atom stereocenters. The molecule has 44 valence electrons. The van der Waals surface area contributed by atoms with Crippen molar-refractivity contribution in [3.63, 3.8) is 0 Å². The van der Waals surface area contributed by atoms with Crippen molar-refractivity contribution in [1.29, 1.82) is 5.26 Å². The van der Waals surface area contributed by atoms with Gasteiger partial charge in [-0.1, -0.05) is 0 Å². The Labute approximate surface area is 56.0 Å². The molecule has 0 bridgehead atoms. The number of rotatable bonds is 0. The van der Waals surface area contributed by atoms with Crippen LogP contribution in [0.25, 0.3) is 0 Å². The molecule has 2 nitrogen and oxygen atoms in total. The van der Waals surface area contributed by atoms with Crippen molar-refractivity contribution >= 4 is 11.3 Å². The largest absolute Gasteiger partial charge is 0.367 e. The molecular weight excluding hydrogens is 134 g/mol. The van der Waals surface area contributed by atoms with Crippen LogP contribution in [0.1, 0.15) is 10.4 Å². The second-order valence-corrected chi connectivity index (χ2v) is 2.90. The van der Waals surface area contributed by atoms with E-state index in [9.17, 15) is 5.11 Å². The van der Waals surface area contributed by atoms with Gasteiger partial charge in [-0.15, -0.1) is 11.3 Å². The van der Waals surface area contributed by atoms with Gasteiger partial charge in [0.2, 0.25) is 5.60 Å². The van der Waals surface area contributed by atoms with Crippen LogP contribution < -0.4 is 0 Å². The van der Waals surface area contributed by atoms with Crippen molar-refractivity contribution in [3.8, 4) is 6.07 Å². The summed E-state index contributed by atoms with van der Waals surface area (Å²) in [6.07, 6.45) is 0. The highest BCUT2D eigenvalue weighted by Crippen LogP contribution is 2.50. The zero-order valence-electron chi connectivity index (χ0n) is 4.46. The molecule has 0 radical (unpaired) electrons. The predicted molar refractivity (Wildman–Crippen MR) is 32.9 cm³/mol. The Balaban J connectivity index is 2.54. The fourth-order valence-corrected chi connectivity index (χ4v) is 1.85. The Bertz CT molecular complexity index is 278. The van der Waals surface area contributed by atoms with Crippen LogP contribution in [0.5, 0.6) is 0 Å². The summed E-state index contributed by atoms with van der Waals surface area (Å²) in [5.41, 5.74) is -0.394. The number of thiophene rings is 1. The molecule has 0 spiro atoms. The summed E-state index contributed by atoms with van der Waals surface area (Å²) in [6.45, 7) is 0. The van der Waals surface area contributed by atoms with E-state index >= 15 is 0 Å². The molecule has 9 heavy (non-hydrogen) atoms. The quantitative estimate of drug-likeness (QED) is 0.538. The Hall–Kier alpha value is -0.850. The zero-order valence-corrected chi connectivity index (χ0v) is 5.27. The monoisotopic (exact) mass is 137 g/mol. The summed E-state index contributed by atoms with van der Waals surface area (Å²) in [5, 5.41) is 19.5. The maximum atomic E-state index is 9.21. The van der Waals surface area contributed by atoms with Crippen molar-refractivity contribution in [2.45, 2.75) is 5.60 Å². The highest BCUT2D eigenvalue weighted by Gasteiger charge is 2.51. The molecular formula is C6H3NOS. The first-order valence-corrected chi connectivity index (χ1v) is 3.39. The third kappa shape index (κ3) is 0.387. The van der Waals surface area contributed by atoms with Gasteiger partial charge in [0.1, 0.15) is 6.07 Å². The van der Waals surface area contributed by atoms with Crippen LogP contribution in [0.15, 0.2) is 11.4 Å². The van der Waals surface area contributed by atoms with Gasteiger partial charge in [0, 0.05) is 5.56 Å². The van der Waals surface area contributed by atoms with E-state index in [1.807, 2.05) is 11.4 Å². The summed E-state index contributed by atoms with van der Waals surface area (Å²) in [5.74, 6) is 0. The molecule has 0 aliphatic heterocycles. The van der Waals surface area contributed by atoms with Crippen LogP contribution in [0, 0.1) is 11.3 Å². The lowest BCUT2D eigenvalue weighted by Crippen LogP contribution is -2.00. The lowest BCUT2D eigenvalue weighted by atomic mass is 10.3. The first-order chi connectivity index (χ1) is 4.29. The van der Waals surface area contributed by atoms with Crippen molar-refractivity contribution in [2.24, 2.45) is 0 Å². The molecule has 1 aliphatic rings. The Morgan fingerprint density at radius 2 is 2.56 bits per heavy atom. The lowest BCUT2D eigenvalue weighted by molar-refractivity contribution is 0.195. The van der Waals surface area contributed by atoms with Crippen LogP contribution in [0.4, 0.5) is 0 Å². The molecule has 1 aromatic rings. The van der Waals surface area contributed by atoms with Gasteiger partial charge in [0.05, 0.1) is 4.88 Å². The third-order valence-electron chi connectivity index (χ3n) is 1.48. The first kappa shape index (κ1) is 4.98. The SMILES string of the molecule is N#CC1(O)c2ccsc21. The Kier molecular flexibility index (Phi) is 0.652. The number of nitriles is 1. The minimum absolute atomic E-state index is 0.787. The number of nitrogens with zero attached hydrogens (tertiary/aromatic N) is 1. The molecule has 0 aromatic carbocycles. The van der Waals surface area contributed by atoms with Crippen LogP contribution in [-0.2, 0) is 5.60 Å². The van der Waals surface area contributed by atoms with E-state index in [1.165, 1.54) is 11.3 Å². The number of hydrogen-bond acceptors (Lipinski definition) is 3. The normalized spacial score (nSPS) is 28.9.